The van der Waals surface area contributed by atoms with E-state index in [0.717, 1.165) is 12.1 Å². The molecule has 0 spiro atoms. The van der Waals surface area contributed by atoms with Crippen molar-refractivity contribution in [2.45, 2.75) is 44.1 Å². The Labute approximate surface area is 131 Å². The van der Waals surface area contributed by atoms with E-state index in [4.69, 9.17) is 10.5 Å². The standard InChI is InChI=1S/C17H25N3O2/c18-16(19-9-6-17(21)7-10-22-11-8-17)20-15-5-4-13-2-1-3-14(13)12-15/h4-5,12,21H,1-3,6-11H2,(H3,18,19,20). The molecule has 1 aromatic carbocycles. The Morgan fingerprint density at radius 3 is 2.86 bits per heavy atom. The Bertz CT molecular complexity index is 551. The zero-order valence-corrected chi connectivity index (χ0v) is 13.0. The lowest BCUT2D eigenvalue weighted by atomic mass is 9.91. The topological polar surface area (TPSA) is 79.9 Å². The molecule has 1 aromatic rings. The molecular formula is C17H25N3O2. The molecular weight excluding hydrogens is 278 g/mol. The monoisotopic (exact) mass is 303 g/mol. The SMILES string of the molecule is NC(=NCCC1(O)CCOCC1)Nc1ccc2c(c1)CCC2. The minimum absolute atomic E-state index is 0.411. The van der Waals surface area contributed by atoms with E-state index in [9.17, 15) is 5.11 Å². The van der Waals surface area contributed by atoms with Crippen LogP contribution in [-0.2, 0) is 17.6 Å². The quantitative estimate of drug-likeness (QED) is 0.585. The van der Waals surface area contributed by atoms with Gasteiger partial charge in [0.25, 0.3) is 0 Å². The zero-order chi connectivity index (χ0) is 15.4. The van der Waals surface area contributed by atoms with Crippen LogP contribution in [0.15, 0.2) is 23.2 Å². The second-order valence-electron chi connectivity index (χ2n) is 6.32. The number of nitrogens with two attached hydrogens (primary N) is 1. The number of hydrogen-bond acceptors (Lipinski definition) is 3. The molecule has 0 unspecified atom stereocenters. The van der Waals surface area contributed by atoms with Gasteiger partial charge in [-0.05, 0) is 61.8 Å². The molecule has 1 fully saturated rings. The molecule has 0 atom stereocenters. The minimum Gasteiger partial charge on any atom is -0.390 e. The molecule has 0 radical (unpaired) electrons. The van der Waals surface area contributed by atoms with Crippen molar-refractivity contribution in [2.75, 3.05) is 25.1 Å². The second kappa shape index (κ2) is 6.67. The number of ether oxygens (including phenoxy) is 1. The lowest BCUT2D eigenvalue weighted by molar-refractivity contribution is -0.0662. The van der Waals surface area contributed by atoms with Crippen LogP contribution in [0.3, 0.4) is 0 Å². The molecule has 5 heteroatoms. The van der Waals surface area contributed by atoms with Gasteiger partial charge >= 0.3 is 0 Å². The van der Waals surface area contributed by atoms with Gasteiger partial charge < -0.3 is 20.9 Å². The number of hydrogen-bond donors (Lipinski definition) is 3. The molecule has 1 heterocycles. The molecule has 120 valence electrons. The summed E-state index contributed by atoms with van der Waals surface area (Å²) in [5, 5.41) is 13.5. The number of aliphatic hydroxyl groups is 1. The summed E-state index contributed by atoms with van der Waals surface area (Å²) in [5.41, 5.74) is 9.15. The largest absolute Gasteiger partial charge is 0.390 e. The zero-order valence-electron chi connectivity index (χ0n) is 13.0. The van der Waals surface area contributed by atoms with Crippen molar-refractivity contribution in [2.24, 2.45) is 10.7 Å². The van der Waals surface area contributed by atoms with Gasteiger partial charge in [-0.25, -0.2) is 0 Å². The fourth-order valence-electron chi connectivity index (χ4n) is 3.22. The lowest BCUT2D eigenvalue weighted by Gasteiger charge is -2.31. The van der Waals surface area contributed by atoms with Crippen molar-refractivity contribution in [3.63, 3.8) is 0 Å². The first-order valence-corrected chi connectivity index (χ1v) is 8.14. The molecule has 5 nitrogen and oxygen atoms in total. The van der Waals surface area contributed by atoms with Crippen LogP contribution < -0.4 is 11.1 Å². The molecule has 3 rings (SSSR count). The van der Waals surface area contributed by atoms with Crippen molar-refractivity contribution >= 4 is 11.6 Å². The van der Waals surface area contributed by atoms with Crippen molar-refractivity contribution < 1.29 is 9.84 Å². The summed E-state index contributed by atoms with van der Waals surface area (Å²) in [6.45, 7) is 1.78. The fraction of sp³-hybridized carbons (Fsp3) is 0.588. The van der Waals surface area contributed by atoms with Crippen LogP contribution in [0.1, 0.15) is 36.8 Å². The Kier molecular flexibility index (Phi) is 4.64. The van der Waals surface area contributed by atoms with Crippen LogP contribution in [0.4, 0.5) is 5.69 Å². The summed E-state index contributed by atoms with van der Waals surface area (Å²) in [5.74, 6) is 0.411. The number of guanidine groups is 1. The predicted octanol–water partition coefficient (Wildman–Crippen LogP) is 1.83. The van der Waals surface area contributed by atoms with Gasteiger partial charge in [0.2, 0.25) is 0 Å². The smallest absolute Gasteiger partial charge is 0.193 e. The summed E-state index contributed by atoms with van der Waals surface area (Å²) in [6, 6.07) is 6.39. The van der Waals surface area contributed by atoms with Gasteiger partial charge in [0.05, 0.1) is 5.60 Å². The maximum atomic E-state index is 10.4. The van der Waals surface area contributed by atoms with E-state index in [1.807, 2.05) is 0 Å². The highest BCUT2D eigenvalue weighted by molar-refractivity contribution is 5.92. The molecule has 22 heavy (non-hydrogen) atoms. The van der Waals surface area contributed by atoms with Crippen molar-refractivity contribution in [3.05, 3.63) is 29.3 Å². The molecule has 4 N–H and O–H groups in total. The first-order chi connectivity index (χ1) is 10.6. The summed E-state index contributed by atoms with van der Waals surface area (Å²) in [7, 11) is 0. The van der Waals surface area contributed by atoms with Crippen LogP contribution in [0, 0.1) is 0 Å². The van der Waals surface area contributed by atoms with E-state index < -0.39 is 5.60 Å². The van der Waals surface area contributed by atoms with Gasteiger partial charge in [0, 0.05) is 25.4 Å². The van der Waals surface area contributed by atoms with Gasteiger partial charge in [0.15, 0.2) is 5.96 Å². The number of nitrogens with one attached hydrogen (secondary N) is 1. The highest BCUT2D eigenvalue weighted by Gasteiger charge is 2.28. The minimum atomic E-state index is -0.643. The maximum absolute atomic E-state index is 10.4. The van der Waals surface area contributed by atoms with Gasteiger partial charge in [0.1, 0.15) is 0 Å². The summed E-state index contributed by atoms with van der Waals surface area (Å²) >= 11 is 0. The third kappa shape index (κ3) is 3.78. The highest BCUT2D eigenvalue weighted by Crippen LogP contribution is 2.25. The molecule has 1 aliphatic carbocycles. The number of fused-ring (bicyclic) bond motifs is 1. The molecule has 0 bridgehead atoms. The van der Waals surface area contributed by atoms with E-state index in [2.05, 4.69) is 28.5 Å². The van der Waals surface area contributed by atoms with E-state index in [0.29, 0.717) is 45.0 Å². The number of anilines is 1. The molecule has 1 saturated heterocycles. The molecule has 2 aliphatic rings. The predicted molar refractivity (Wildman–Crippen MR) is 88.2 cm³/mol. The Balaban J connectivity index is 1.51. The van der Waals surface area contributed by atoms with Crippen molar-refractivity contribution in [1.29, 1.82) is 0 Å². The van der Waals surface area contributed by atoms with E-state index >= 15 is 0 Å². The number of aryl methyl sites for hydroxylation is 2. The number of rotatable bonds is 4. The first kappa shape index (κ1) is 15.3. The maximum Gasteiger partial charge on any atom is 0.193 e. The molecule has 0 saturated carbocycles. The van der Waals surface area contributed by atoms with Crippen molar-refractivity contribution in [1.82, 2.24) is 0 Å². The van der Waals surface area contributed by atoms with Gasteiger partial charge in [-0.15, -0.1) is 0 Å². The third-order valence-electron chi connectivity index (χ3n) is 4.65. The number of nitrogens with zero attached hydrogens (tertiary/aromatic N) is 1. The van der Waals surface area contributed by atoms with Gasteiger partial charge in [-0.1, -0.05) is 6.07 Å². The number of benzene rings is 1. The van der Waals surface area contributed by atoms with E-state index in [-0.39, 0.29) is 0 Å². The number of aliphatic imine (C=N–C) groups is 1. The summed E-state index contributed by atoms with van der Waals surface area (Å²) in [6.07, 6.45) is 5.56. The first-order valence-electron chi connectivity index (χ1n) is 8.14. The Morgan fingerprint density at radius 1 is 1.27 bits per heavy atom. The Hall–Kier alpha value is -1.59. The summed E-state index contributed by atoms with van der Waals surface area (Å²) in [4.78, 5) is 4.33. The average Bonchev–Trinajstić information content (AvgIpc) is 2.95. The van der Waals surface area contributed by atoms with Gasteiger partial charge in [-0.2, -0.15) is 0 Å². The van der Waals surface area contributed by atoms with Crippen LogP contribution in [0.2, 0.25) is 0 Å². The average molecular weight is 303 g/mol. The second-order valence-corrected chi connectivity index (χ2v) is 6.32. The van der Waals surface area contributed by atoms with Crippen molar-refractivity contribution in [3.8, 4) is 0 Å². The molecule has 0 aromatic heterocycles. The van der Waals surface area contributed by atoms with Crippen LogP contribution in [0.25, 0.3) is 0 Å². The highest BCUT2D eigenvalue weighted by atomic mass is 16.5. The van der Waals surface area contributed by atoms with Gasteiger partial charge in [-0.3, -0.25) is 4.99 Å². The molecule has 0 amide bonds. The normalized spacial score (nSPS) is 20.7. The van der Waals surface area contributed by atoms with Crippen LogP contribution in [-0.4, -0.2) is 36.4 Å². The van der Waals surface area contributed by atoms with Crippen LogP contribution >= 0.6 is 0 Å². The lowest BCUT2D eigenvalue weighted by Crippen LogP contribution is -2.37. The Morgan fingerprint density at radius 2 is 2.05 bits per heavy atom. The fourth-order valence-corrected chi connectivity index (χ4v) is 3.22. The molecule has 1 aliphatic heterocycles. The summed E-state index contributed by atoms with van der Waals surface area (Å²) < 4.78 is 5.28. The van der Waals surface area contributed by atoms with Crippen LogP contribution in [0.5, 0.6) is 0 Å². The van der Waals surface area contributed by atoms with E-state index in [1.165, 1.54) is 24.0 Å². The van der Waals surface area contributed by atoms with E-state index in [1.54, 1.807) is 0 Å². The third-order valence-corrected chi connectivity index (χ3v) is 4.65.